The predicted octanol–water partition coefficient (Wildman–Crippen LogP) is 1.21. The van der Waals surface area contributed by atoms with E-state index in [1.165, 1.54) is 0 Å². The lowest BCUT2D eigenvalue weighted by Crippen LogP contribution is -2.63. The molecule has 2 aliphatic heterocycles. The summed E-state index contributed by atoms with van der Waals surface area (Å²) in [5.41, 5.74) is 0.0631. The van der Waals surface area contributed by atoms with E-state index in [4.69, 9.17) is 4.74 Å². The second-order valence-electron chi connectivity index (χ2n) is 4.16. The summed E-state index contributed by atoms with van der Waals surface area (Å²) in [4.78, 5) is 2.25. The summed E-state index contributed by atoms with van der Waals surface area (Å²) in [7, 11) is 1.70. The number of fused-ring (bicyclic) bond motifs is 1. The van der Waals surface area contributed by atoms with Crippen LogP contribution in [0.5, 0.6) is 0 Å². The number of halogens is 1. The number of ether oxygens (including phenoxy) is 1. The topological polar surface area (TPSA) is 12.5 Å². The molecule has 0 spiro atoms. The van der Waals surface area contributed by atoms with E-state index in [2.05, 4.69) is 11.8 Å². The van der Waals surface area contributed by atoms with E-state index in [1.807, 2.05) is 0 Å². The predicted molar refractivity (Wildman–Crippen MR) is 44.9 cm³/mol. The highest BCUT2D eigenvalue weighted by molar-refractivity contribution is 5.10. The molecule has 0 unspecified atom stereocenters. The van der Waals surface area contributed by atoms with Crippen LogP contribution in [0.2, 0.25) is 0 Å². The first-order valence-electron chi connectivity index (χ1n) is 4.58. The fourth-order valence-electron chi connectivity index (χ4n) is 2.87. The van der Waals surface area contributed by atoms with Gasteiger partial charge >= 0.3 is 0 Å². The van der Waals surface area contributed by atoms with Gasteiger partial charge in [-0.05, 0) is 13.3 Å². The summed E-state index contributed by atoms with van der Waals surface area (Å²) < 4.78 is 18.2. The standard InChI is InChI=1S/C9H16FNO/c1-7-3-9(6-12-2)4-8(10)5-11(7)9/h7-8H,3-6H2,1-2H3/t7-,8-,9+/m0/s1. The van der Waals surface area contributed by atoms with Crippen LogP contribution in [0.1, 0.15) is 19.8 Å². The molecule has 2 aliphatic rings. The van der Waals surface area contributed by atoms with Gasteiger partial charge in [0.2, 0.25) is 0 Å². The molecule has 2 rings (SSSR count). The van der Waals surface area contributed by atoms with E-state index in [1.54, 1.807) is 7.11 Å². The van der Waals surface area contributed by atoms with E-state index < -0.39 is 6.17 Å². The molecular weight excluding hydrogens is 157 g/mol. The average molecular weight is 173 g/mol. The molecule has 12 heavy (non-hydrogen) atoms. The van der Waals surface area contributed by atoms with Crippen molar-refractivity contribution in [2.24, 2.45) is 0 Å². The Hall–Kier alpha value is -0.150. The number of alkyl halides is 1. The van der Waals surface area contributed by atoms with Gasteiger partial charge in [0, 0.05) is 31.7 Å². The highest BCUT2D eigenvalue weighted by Crippen LogP contribution is 2.45. The Bertz CT molecular complexity index is 183. The maximum Gasteiger partial charge on any atom is 0.115 e. The molecule has 0 aromatic rings. The Morgan fingerprint density at radius 3 is 2.92 bits per heavy atom. The van der Waals surface area contributed by atoms with E-state index in [-0.39, 0.29) is 5.54 Å². The molecule has 3 heteroatoms. The lowest BCUT2D eigenvalue weighted by atomic mass is 9.80. The Morgan fingerprint density at radius 2 is 2.33 bits per heavy atom. The molecule has 2 heterocycles. The highest BCUT2D eigenvalue weighted by atomic mass is 19.1. The van der Waals surface area contributed by atoms with Gasteiger partial charge in [-0.15, -0.1) is 0 Å². The maximum atomic E-state index is 13.1. The Labute approximate surface area is 72.7 Å². The SMILES string of the molecule is COC[C@@]12C[C@H](F)CN1[C@@H](C)C2. The summed E-state index contributed by atoms with van der Waals surface area (Å²) >= 11 is 0. The number of hydrogen-bond acceptors (Lipinski definition) is 2. The van der Waals surface area contributed by atoms with Crippen LogP contribution in [0.25, 0.3) is 0 Å². The quantitative estimate of drug-likeness (QED) is 0.622. The summed E-state index contributed by atoms with van der Waals surface area (Å²) in [6.45, 7) is 3.47. The fourth-order valence-corrected chi connectivity index (χ4v) is 2.87. The van der Waals surface area contributed by atoms with Crippen molar-refractivity contribution in [3.8, 4) is 0 Å². The summed E-state index contributed by atoms with van der Waals surface area (Å²) in [6, 6.07) is 0.556. The van der Waals surface area contributed by atoms with E-state index >= 15 is 0 Å². The minimum Gasteiger partial charge on any atom is -0.383 e. The fraction of sp³-hybridized carbons (Fsp3) is 1.00. The maximum absolute atomic E-state index is 13.1. The second-order valence-corrected chi connectivity index (χ2v) is 4.16. The monoisotopic (exact) mass is 173 g/mol. The molecule has 2 nitrogen and oxygen atoms in total. The molecule has 0 radical (unpaired) electrons. The molecule has 2 saturated heterocycles. The van der Waals surface area contributed by atoms with Gasteiger partial charge < -0.3 is 4.74 Å². The lowest BCUT2D eigenvalue weighted by Gasteiger charge is -2.52. The molecule has 0 bridgehead atoms. The highest BCUT2D eigenvalue weighted by Gasteiger charge is 2.55. The first-order valence-corrected chi connectivity index (χ1v) is 4.58. The third-order valence-corrected chi connectivity index (χ3v) is 3.23. The Balaban J connectivity index is 2.06. The van der Waals surface area contributed by atoms with Crippen molar-refractivity contribution < 1.29 is 9.13 Å². The molecule has 0 amide bonds. The molecule has 0 aliphatic carbocycles. The molecule has 70 valence electrons. The second kappa shape index (κ2) is 2.67. The van der Waals surface area contributed by atoms with Crippen molar-refractivity contribution in [3.05, 3.63) is 0 Å². The van der Waals surface area contributed by atoms with Crippen LogP contribution in [-0.2, 0) is 4.74 Å². The van der Waals surface area contributed by atoms with E-state index in [9.17, 15) is 4.39 Å². The normalized spacial score (nSPS) is 47.2. The van der Waals surface area contributed by atoms with Crippen LogP contribution < -0.4 is 0 Å². The van der Waals surface area contributed by atoms with Crippen LogP contribution in [0.15, 0.2) is 0 Å². The van der Waals surface area contributed by atoms with E-state index in [0.29, 0.717) is 25.6 Å². The van der Waals surface area contributed by atoms with Crippen molar-refractivity contribution in [2.45, 2.75) is 37.5 Å². The molecule has 0 aromatic carbocycles. The van der Waals surface area contributed by atoms with Crippen LogP contribution in [0.4, 0.5) is 4.39 Å². The van der Waals surface area contributed by atoms with Crippen LogP contribution in [0.3, 0.4) is 0 Å². The van der Waals surface area contributed by atoms with Crippen molar-refractivity contribution in [1.82, 2.24) is 4.90 Å². The first kappa shape index (κ1) is 8.45. The van der Waals surface area contributed by atoms with Gasteiger partial charge in [-0.2, -0.15) is 0 Å². The molecule has 3 atom stereocenters. The zero-order valence-electron chi connectivity index (χ0n) is 7.72. The van der Waals surface area contributed by atoms with Gasteiger partial charge in [0.15, 0.2) is 0 Å². The molecule has 2 fully saturated rings. The summed E-state index contributed by atoms with van der Waals surface area (Å²) in [6.07, 6.45) is 1.14. The van der Waals surface area contributed by atoms with Gasteiger partial charge in [-0.25, -0.2) is 4.39 Å². The van der Waals surface area contributed by atoms with Crippen molar-refractivity contribution >= 4 is 0 Å². The minimum atomic E-state index is -0.634. The lowest BCUT2D eigenvalue weighted by molar-refractivity contribution is -0.0741. The van der Waals surface area contributed by atoms with Gasteiger partial charge in [0.1, 0.15) is 6.17 Å². The molecule has 0 aromatic heterocycles. The third-order valence-electron chi connectivity index (χ3n) is 3.23. The van der Waals surface area contributed by atoms with Crippen molar-refractivity contribution in [3.63, 3.8) is 0 Å². The summed E-state index contributed by atoms with van der Waals surface area (Å²) in [5.74, 6) is 0. The zero-order valence-corrected chi connectivity index (χ0v) is 7.72. The summed E-state index contributed by atoms with van der Waals surface area (Å²) in [5, 5.41) is 0. The van der Waals surface area contributed by atoms with Crippen molar-refractivity contribution in [1.29, 1.82) is 0 Å². The Morgan fingerprint density at radius 1 is 1.58 bits per heavy atom. The van der Waals surface area contributed by atoms with Gasteiger partial charge in [-0.3, -0.25) is 4.90 Å². The van der Waals surface area contributed by atoms with Crippen molar-refractivity contribution in [2.75, 3.05) is 20.3 Å². The molecular formula is C9H16FNO. The van der Waals surface area contributed by atoms with Gasteiger partial charge in [0.05, 0.1) is 6.61 Å². The largest absolute Gasteiger partial charge is 0.383 e. The number of rotatable bonds is 2. The molecule has 0 N–H and O–H groups in total. The van der Waals surface area contributed by atoms with Gasteiger partial charge in [-0.1, -0.05) is 0 Å². The van der Waals surface area contributed by atoms with Gasteiger partial charge in [0.25, 0.3) is 0 Å². The van der Waals surface area contributed by atoms with Crippen LogP contribution >= 0.6 is 0 Å². The Kier molecular flexibility index (Phi) is 1.88. The van der Waals surface area contributed by atoms with E-state index in [0.717, 1.165) is 6.42 Å². The third kappa shape index (κ3) is 0.995. The number of methoxy groups -OCH3 is 1. The number of hydrogen-bond donors (Lipinski definition) is 0. The smallest absolute Gasteiger partial charge is 0.115 e. The van der Waals surface area contributed by atoms with Crippen LogP contribution in [-0.4, -0.2) is 42.9 Å². The number of nitrogens with zero attached hydrogens (tertiary/aromatic N) is 1. The first-order chi connectivity index (χ1) is 5.68. The minimum absolute atomic E-state index is 0.0631. The zero-order chi connectivity index (χ0) is 8.77. The molecule has 0 saturated carbocycles. The van der Waals surface area contributed by atoms with Crippen LogP contribution in [0, 0.1) is 0 Å². The average Bonchev–Trinajstić information content (AvgIpc) is 2.24.